The van der Waals surface area contributed by atoms with E-state index in [4.69, 9.17) is 9.47 Å². The van der Waals surface area contributed by atoms with Crippen molar-refractivity contribution in [2.24, 2.45) is 7.05 Å². The highest BCUT2D eigenvalue weighted by Gasteiger charge is 2.25. The maximum atomic E-state index is 12.6. The predicted molar refractivity (Wildman–Crippen MR) is 87.0 cm³/mol. The number of carbonyl (C=O) groups is 2. The highest BCUT2D eigenvalue weighted by Crippen LogP contribution is 2.18. The van der Waals surface area contributed by atoms with E-state index in [-0.39, 0.29) is 18.4 Å². The molecule has 9 nitrogen and oxygen atoms in total. The quantitative estimate of drug-likeness (QED) is 0.682. The number of aromatic nitrogens is 2. The van der Waals surface area contributed by atoms with Gasteiger partial charge in [0.2, 0.25) is 11.8 Å². The molecule has 2 heterocycles. The Hall–Kier alpha value is -2.13. The first kappa shape index (κ1) is 18.2. The van der Waals surface area contributed by atoms with E-state index in [0.717, 1.165) is 19.6 Å². The Labute approximate surface area is 141 Å². The van der Waals surface area contributed by atoms with Crippen molar-refractivity contribution in [3.63, 3.8) is 0 Å². The lowest BCUT2D eigenvalue weighted by molar-refractivity contribution is -0.124. The minimum Gasteiger partial charge on any atom is -0.479 e. The summed E-state index contributed by atoms with van der Waals surface area (Å²) >= 11 is 0. The topological polar surface area (TPSA) is 88.9 Å². The van der Waals surface area contributed by atoms with Crippen LogP contribution in [0.1, 0.15) is 10.4 Å². The Morgan fingerprint density at radius 3 is 2.58 bits per heavy atom. The summed E-state index contributed by atoms with van der Waals surface area (Å²) in [6.07, 6.45) is 1.68. The van der Waals surface area contributed by atoms with Crippen molar-refractivity contribution in [3.8, 4) is 5.88 Å². The zero-order valence-electron chi connectivity index (χ0n) is 14.4. The van der Waals surface area contributed by atoms with E-state index in [1.54, 1.807) is 22.8 Å². The van der Waals surface area contributed by atoms with Gasteiger partial charge in [-0.2, -0.15) is 0 Å². The number of nitrogens with zero attached hydrogens (tertiary/aromatic N) is 4. The number of hydrogen-bond donors (Lipinski definition) is 1. The van der Waals surface area contributed by atoms with Crippen LogP contribution in [0, 0.1) is 0 Å². The van der Waals surface area contributed by atoms with Crippen LogP contribution in [0.3, 0.4) is 0 Å². The third-order valence-electron chi connectivity index (χ3n) is 3.90. The standard InChI is InChI=1S/C15H25N5O4/c1-18-10-12(14(17-18)24-3)15(22)20-8-6-19(7-9-20)5-4-16-13(21)11-23-2/h10H,4-9,11H2,1-3H3,(H,16,21). The van der Waals surface area contributed by atoms with Crippen LogP contribution in [-0.4, -0.2) is 91.5 Å². The van der Waals surface area contributed by atoms with E-state index in [1.165, 1.54) is 14.2 Å². The molecule has 134 valence electrons. The van der Waals surface area contributed by atoms with Crippen LogP contribution in [-0.2, 0) is 16.6 Å². The van der Waals surface area contributed by atoms with Gasteiger partial charge in [0, 0.05) is 59.6 Å². The molecule has 1 aliphatic rings. The summed E-state index contributed by atoms with van der Waals surface area (Å²) in [5.41, 5.74) is 0.486. The zero-order valence-corrected chi connectivity index (χ0v) is 14.4. The molecule has 1 fully saturated rings. The van der Waals surface area contributed by atoms with E-state index in [9.17, 15) is 9.59 Å². The molecule has 1 aromatic rings. The maximum absolute atomic E-state index is 12.6. The van der Waals surface area contributed by atoms with E-state index in [0.29, 0.717) is 31.1 Å². The third kappa shape index (κ3) is 4.68. The molecule has 9 heteroatoms. The Bertz CT molecular complexity index is 566. The SMILES string of the molecule is COCC(=O)NCCN1CCN(C(=O)c2cn(C)nc2OC)CC1. The summed E-state index contributed by atoms with van der Waals surface area (Å²) in [7, 11) is 4.76. The van der Waals surface area contributed by atoms with Crippen LogP contribution in [0.15, 0.2) is 6.20 Å². The second kappa shape index (κ2) is 8.65. The van der Waals surface area contributed by atoms with Crippen molar-refractivity contribution in [3.05, 3.63) is 11.8 Å². The number of amides is 2. The fraction of sp³-hybridized carbons (Fsp3) is 0.667. The first-order valence-electron chi connectivity index (χ1n) is 7.90. The number of ether oxygens (including phenoxy) is 2. The largest absolute Gasteiger partial charge is 0.479 e. The Morgan fingerprint density at radius 2 is 1.96 bits per heavy atom. The summed E-state index contributed by atoms with van der Waals surface area (Å²) in [4.78, 5) is 27.9. The van der Waals surface area contributed by atoms with Crippen molar-refractivity contribution < 1.29 is 19.1 Å². The molecular weight excluding hydrogens is 314 g/mol. The minimum absolute atomic E-state index is 0.0620. The minimum atomic E-state index is -0.116. The second-order valence-electron chi connectivity index (χ2n) is 5.64. The van der Waals surface area contributed by atoms with Crippen molar-refractivity contribution in [2.45, 2.75) is 0 Å². The van der Waals surface area contributed by atoms with Gasteiger partial charge in [-0.05, 0) is 0 Å². The fourth-order valence-electron chi connectivity index (χ4n) is 2.65. The average Bonchev–Trinajstić information content (AvgIpc) is 2.96. The zero-order chi connectivity index (χ0) is 17.5. The molecule has 0 saturated carbocycles. The Kier molecular flexibility index (Phi) is 6.56. The molecule has 1 N–H and O–H groups in total. The summed E-state index contributed by atoms with van der Waals surface area (Å²) in [5.74, 6) is 0.175. The lowest BCUT2D eigenvalue weighted by Crippen LogP contribution is -2.50. The molecule has 1 saturated heterocycles. The molecule has 2 amide bonds. The Morgan fingerprint density at radius 1 is 1.25 bits per heavy atom. The molecule has 24 heavy (non-hydrogen) atoms. The molecular formula is C15H25N5O4. The summed E-state index contributed by atoms with van der Waals surface area (Å²) in [6, 6.07) is 0. The molecule has 1 aromatic heterocycles. The van der Waals surface area contributed by atoms with Gasteiger partial charge in [0.1, 0.15) is 12.2 Å². The second-order valence-corrected chi connectivity index (χ2v) is 5.64. The lowest BCUT2D eigenvalue weighted by atomic mass is 10.2. The van der Waals surface area contributed by atoms with Crippen molar-refractivity contribution in [1.82, 2.24) is 24.9 Å². The number of nitrogens with one attached hydrogen (secondary N) is 1. The molecule has 0 bridgehead atoms. The van der Waals surface area contributed by atoms with Crippen LogP contribution >= 0.6 is 0 Å². The average molecular weight is 339 g/mol. The Balaban J connectivity index is 1.78. The van der Waals surface area contributed by atoms with Gasteiger partial charge >= 0.3 is 0 Å². The van der Waals surface area contributed by atoms with E-state index >= 15 is 0 Å². The predicted octanol–water partition coefficient (Wildman–Crippen LogP) is -1.05. The van der Waals surface area contributed by atoms with Crippen molar-refractivity contribution >= 4 is 11.8 Å². The highest BCUT2D eigenvalue weighted by molar-refractivity contribution is 5.96. The maximum Gasteiger partial charge on any atom is 0.261 e. The molecule has 0 aromatic carbocycles. The van der Waals surface area contributed by atoms with Gasteiger partial charge < -0.3 is 19.7 Å². The van der Waals surface area contributed by atoms with Crippen molar-refractivity contribution in [1.29, 1.82) is 0 Å². The third-order valence-corrected chi connectivity index (χ3v) is 3.90. The van der Waals surface area contributed by atoms with Gasteiger partial charge in [-0.15, -0.1) is 5.10 Å². The van der Waals surface area contributed by atoms with Crippen LogP contribution in [0.4, 0.5) is 0 Å². The smallest absolute Gasteiger partial charge is 0.261 e. The number of piperazine rings is 1. The molecule has 0 atom stereocenters. The molecule has 0 aliphatic carbocycles. The van der Waals surface area contributed by atoms with E-state index in [2.05, 4.69) is 15.3 Å². The van der Waals surface area contributed by atoms with E-state index in [1.807, 2.05) is 0 Å². The van der Waals surface area contributed by atoms with Gasteiger partial charge in [0.05, 0.1) is 7.11 Å². The number of methoxy groups -OCH3 is 2. The normalized spacial score (nSPS) is 15.4. The number of aryl methyl sites for hydroxylation is 1. The lowest BCUT2D eigenvalue weighted by Gasteiger charge is -2.34. The highest BCUT2D eigenvalue weighted by atomic mass is 16.5. The molecule has 1 aliphatic heterocycles. The van der Waals surface area contributed by atoms with Crippen LogP contribution in [0.5, 0.6) is 5.88 Å². The molecule has 2 rings (SSSR count). The molecule has 0 spiro atoms. The number of hydrogen-bond acceptors (Lipinski definition) is 6. The molecule has 0 unspecified atom stereocenters. The monoisotopic (exact) mass is 339 g/mol. The number of carbonyl (C=O) groups excluding carboxylic acids is 2. The summed E-state index contributed by atoms with van der Waals surface area (Å²) < 4.78 is 11.5. The fourth-order valence-corrected chi connectivity index (χ4v) is 2.65. The van der Waals surface area contributed by atoms with Crippen LogP contribution < -0.4 is 10.1 Å². The van der Waals surface area contributed by atoms with Crippen LogP contribution in [0.2, 0.25) is 0 Å². The van der Waals surface area contributed by atoms with Gasteiger partial charge in [-0.1, -0.05) is 0 Å². The molecule has 0 radical (unpaired) electrons. The first-order chi connectivity index (χ1) is 11.5. The van der Waals surface area contributed by atoms with Gasteiger partial charge in [-0.25, -0.2) is 0 Å². The summed E-state index contributed by atoms with van der Waals surface area (Å²) in [6.45, 7) is 4.24. The van der Waals surface area contributed by atoms with Gasteiger partial charge in [0.15, 0.2) is 0 Å². The first-order valence-corrected chi connectivity index (χ1v) is 7.90. The van der Waals surface area contributed by atoms with Crippen LogP contribution in [0.25, 0.3) is 0 Å². The van der Waals surface area contributed by atoms with E-state index < -0.39 is 0 Å². The van der Waals surface area contributed by atoms with Gasteiger partial charge in [-0.3, -0.25) is 19.2 Å². The van der Waals surface area contributed by atoms with Crippen molar-refractivity contribution in [2.75, 3.05) is 60.1 Å². The number of rotatable bonds is 7. The summed E-state index contributed by atoms with van der Waals surface area (Å²) in [5, 5.41) is 6.91. The van der Waals surface area contributed by atoms with Gasteiger partial charge in [0.25, 0.3) is 5.91 Å².